The van der Waals surface area contributed by atoms with Gasteiger partial charge in [0, 0.05) is 5.02 Å². The Balaban J connectivity index is 2.37. The second kappa shape index (κ2) is 9.18. The first-order chi connectivity index (χ1) is 13.5. The molecule has 0 aliphatic carbocycles. The van der Waals surface area contributed by atoms with Crippen LogP contribution in [-0.4, -0.2) is 26.6 Å². The van der Waals surface area contributed by atoms with Crippen LogP contribution in [0, 0.1) is 20.8 Å². The van der Waals surface area contributed by atoms with Crippen molar-refractivity contribution >= 4 is 33.2 Å². The van der Waals surface area contributed by atoms with Crippen molar-refractivity contribution in [3.05, 3.63) is 63.7 Å². The molecule has 2 rings (SSSR count). The number of nitrogens with one attached hydrogen (secondary N) is 1. The van der Waals surface area contributed by atoms with Gasteiger partial charge in [-0.05, 0) is 62.9 Å². The zero-order valence-electron chi connectivity index (χ0n) is 17.8. The third kappa shape index (κ3) is 5.52. The van der Waals surface area contributed by atoms with Gasteiger partial charge in [-0.1, -0.05) is 48.4 Å². The molecule has 2 aromatic rings. The summed E-state index contributed by atoms with van der Waals surface area (Å²) in [5.74, 6) is -0.344. The predicted octanol–water partition coefficient (Wildman–Crippen LogP) is 4.69. The van der Waals surface area contributed by atoms with E-state index in [1.54, 1.807) is 25.1 Å². The number of benzene rings is 2. The van der Waals surface area contributed by atoms with Crippen molar-refractivity contribution in [1.29, 1.82) is 0 Å². The standard InChI is InChI=1S/C22H29ClN2O3S/c1-7-21(22(26)24-17(5)19-12-14(2)8-9-15(19)3)25(29(6,27)28)18-11-10-16(4)20(23)13-18/h8-13,17,21H,7H2,1-6H3,(H,24,26)/t17-,21+/m0/s1. The summed E-state index contributed by atoms with van der Waals surface area (Å²) >= 11 is 6.21. The summed E-state index contributed by atoms with van der Waals surface area (Å²) in [6.45, 7) is 9.53. The molecule has 7 heteroatoms. The van der Waals surface area contributed by atoms with Gasteiger partial charge >= 0.3 is 0 Å². The Bertz CT molecular complexity index is 1010. The Hall–Kier alpha value is -2.05. The molecular formula is C22H29ClN2O3S. The molecule has 0 aliphatic rings. The van der Waals surface area contributed by atoms with Crippen molar-refractivity contribution in [2.24, 2.45) is 0 Å². The second-order valence-corrected chi connectivity index (χ2v) is 9.77. The summed E-state index contributed by atoms with van der Waals surface area (Å²) in [6.07, 6.45) is 1.43. The molecule has 0 aromatic heterocycles. The highest BCUT2D eigenvalue weighted by Crippen LogP contribution is 2.28. The fourth-order valence-electron chi connectivity index (χ4n) is 3.39. The van der Waals surface area contributed by atoms with Crippen LogP contribution in [0.1, 0.15) is 48.6 Å². The molecule has 0 spiro atoms. The third-order valence-corrected chi connectivity index (χ3v) is 6.59. The van der Waals surface area contributed by atoms with Gasteiger partial charge in [0.05, 0.1) is 18.0 Å². The number of anilines is 1. The molecule has 29 heavy (non-hydrogen) atoms. The molecule has 0 radical (unpaired) electrons. The van der Waals surface area contributed by atoms with Gasteiger partial charge in [0.2, 0.25) is 15.9 Å². The number of halogens is 1. The molecule has 0 bridgehead atoms. The largest absolute Gasteiger partial charge is 0.348 e. The quantitative estimate of drug-likeness (QED) is 0.684. The van der Waals surface area contributed by atoms with E-state index in [1.165, 1.54) is 0 Å². The maximum absolute atomic E-state index is 13.1. The van der Waals surface area contributed by atoms with Gasteiger partial charge < -0.3 is 5.32 Å². The lowest BCUT2D eigenvalue weighted by Gasteiger charge is -2.31. The number of carbonyl (C=O) groups is 1. The number of sulfonamides is 1. The van der Waals surface area contributed by atoms with Crippen molar-refractivity contribution in [2.45, 2.75) is 53.1 Å². The van der Waals surface area contributed by atoms with Crippen LogP contribution in [0.5, 0.6) is 0 Å². The van der Waals surface area contributed by atoms with Crippen LogP contribution in [0.2, 0.25) is 5.02 Å². The number of carbonyl (C=O) groups excluding carboxylic acids is 1. The van der Waals surface area contributed by atoms with Crippen LogP contribution in [-0.2, 0) is 14.8 Å². The number of hydrogen-bond donors (Lipinski definition) is 1. The van der Waals surface area contributed by atoms with E-state index in [4.69, 9.17) is 11.6 Å². The van der Waals surface area contributed by atoms with Crippen LogP contribution in [0.3, 0.4) is 0 Å². The first kappa shape index (κ1) is 23.2. The summed E-state index contributed by atoms with van der Waals surface area (Å²) in [4.78, 5) is 13.1. The van der Waals surface area contributed by atoms with Crippen LogP contribution >= 0.6 is 11.6 Å². The topological polar surface area (TPSA) is 66.5 Å². The van der Waals surface area contributed by atoms with E-state index in [2.05, 4.69) is 5.32 Å². The van der Waals surface area contributed by atoms with Crippen LogP contribution in [0.4, 0.5) is 5.69 Å². The summed E-state index contributed by atoms with van der Waals surface area (Å²) in [5, 5.41) is 3.44. The minimum atomic E-state index is -3.71. The average molecular weight is 437 g/mol. The fourth-order valence-corrected chi connectivity index (χ4v) is 4.77. The zero-order chi connectivity index (χ0) is 21.9. The molecule has 158 valence electrons. The highest BCUT2D eigenvalue weighted by Gasteiger charge is 2.32. The Morgan fingerprint density at radius 1 is 1.10 bits per heavy atom. The third-order valence-electron chi connectivity index (χ3n) is 5.00. The molecule has 1 amide bonds. The SMILES string of the molecule is CC[C@H](C(=O)N[C@@H](C)c1cc(C)ccc1C)N(c1ccc(C)c(Cl)c1)S(C)(=O)=O. The molecule has 1 N–H and O–H groups in total. The second-order valence-electron chi connectivity index (χ2n) is 7.51. The minimum Gasteiger partial charge on any atom is -0.348 e. The number of rotatable bonds is 7. The number of amides is 1. The van der Waals surface area contributed by atoms with Crippen molar-refractivity contribution in [3.8, 4) is 0 Å². The van der Waals surface area contributed by atoms with Crippen molar-refractivity contribution < 1.29 is 13.2 Å². The van der Waals surface area contributed by atoms with Gasteiger partial charge in [-0.3, -0.25) is 9.10 Å². The number of nitrogens with zero attached hydrogens (tertiary/aromatic N) is 1. The van der Waals surface area contributed by atoms with E-state index in [0.29, 0.717) is 17.1 Å². The fraction of sp³-hybridized carbons (Fsp3) is 0.409. The highest BCUT2D eigenvalue weighted by molar-refractivity contribution is 7.92. The highest BCUT2D eigenvalue weighted by atomic mass is 35.5. The molecule has 0 saturated heterocycles. The number of hydrogen-bond acceptors (Lipinski definition) is 3. The lowest BCUT2D eigenvalue weighted by atomic mass is 9.99. The van der Waals surface area contributed by atoms with E-state index >= 15 is 0 Å². The Morgan fingerprint density at radius 2 is 1.72 bits per heavy atom. The van der Waals surface area contributed by atoms with E-state index in [9.17, 15) is 13.2 Å². The monoisotopic (exact) mass is 436 g/mol. The summed E-state index contributed by atoms with van der Waals surface area (Å²) in [7, 11) is -3.71. The maximum Gasteiger partial charge on any atom is 0.244 e. The summed E-state index contributed by atoms with van der Waals surface area (Å²) < 4.78 is 26.3. The smallest absolute Gasteiger partial charge is 0.244 e. The van der Waals surface area contributed by atoms with Gasteiger partial charge in [0.25, 0.3) is 0 Å². The first-order valence-electron chi connectivity index (χ1n) is 9.58. The van der Waals surface area contributed by atoms with Gasteiger partial charge in [0.15, 0.2) is 0 Å². The minimum absolute atomic E-state index is 0.250. The maximum atomic E-state index is 13.1. The number of aryl methyl sites for hydroxylation is 3. The van der Waals surface area contributed by atoms with Gasteiger partial charge in [-0.25, -0.2) is 8.42 Å². The molecule has 2 aromatic carbocycles. The molecular weight excluding hydrogens is 408 g/mol. The van der Waals surface area contributed by atoms with E-state index < -0.39 is 16.1 Å². The molecule has 5 nitrogen and oxygen atoms in total. The van der Waals surface area contributed by atoms with E-state index in [0.717, 1.165) is 32.8 Å². The lowest BCUT2D eigenvalue weighted by Crippen LogP contribution is -2.49. The van der Waals surface area contributed by atoms with Crippen LogP contribution in [0.15, 0.2) is 36.4 Å². The van der Waals surface area contributed by atoms with Gasteiger partial charge in [-0.15, -0.1) is 0 Å². The Labute approximate surface area is 179 Å². The molecule has 0 unspecified atom stereocenters. The van der Waals surface area contributed by atoms with Gasteiger partial charge in [0.1, 0.15) is 6.04 Å². The Kier molecular flexibility index (Phi) is 7.35. The average Bonchev–Trinajstić information content (AvgIpc) is 2.62. The van der Waals surface area contributed by atoms with Crippen molar-refractivity contribution in [2.75, 3.05) is 10.6 Å². The van der Waals surface area contributed by atoms with Crippen molar-refractivity contribution in [3.63, 3.8) is 0 Å². The lowest BCUT2D eigenvalue weighted by molar-refractivity contribution is -0.122. The first-order valence-corrected chi connectivity index (χ1v) is 11.8. The van der Waals surface area contributed by atoms with E-state index in [-0.39, 0.29) is 11.9 Å². The summed E-state index contributed by atoms with van der Waals surface area (Å²) in [6, 6.07) is 9.95. The van der Waals surface area contributed by atoms with Crippen LogP contribution in [0.25, 0.3) is 0 Å². The van der Waals surface area contributed by atoms with Gasteiger partial charge in [-0.2, -0.15) is 0 Å². The van der Waals surface area contributed by atoms with Crippen LogP contribution < -0.4 is 9.62 Å². The predicted molar refractivity (Wildman–Crippen MR) is 120 cm³/mol. The molecule has 0 heterocycles. The summed E-state index contributed by atoms with van der Waals surface area (Å²) in [5.41, 5.74) is 4.40. The zero-order valence-corrected chi connectivity index (χ0v) is 19.4. The molecule has 0 saturated carbocycles. The normalized spacial score (nSPS) is 13.6. The molecule has 0 aliphatic heterocycles. The molecule has 0 fully saturated rings. The van der Waals surface area contributed by atoms with Crippen molar-refractivity contribution in [1.82, 2.24) is 5.32 Å². The Morgan fingerprint density at radius 3 is 2.28 bits per heavy atom. The molecule has 2 atom stereocenters. The van der Waals surface area contributed by atoms with E-state index in [1.807, 2.05) is 45.9 Å².